The van der Waals surface area contributed by atoms with Gasteiger partial charge in [-0.25, -0.2) is 0 Å². The number of carbonyl (C=O) groups excluding carboxylic acids is 2. The summed E-state index contributed by atoms with van der Waals surface area (Å²) in [4.78, 5) is 28.4. The van der Waals surface area contributed by atoms with E-state index in [0.717, 1.165) is 51.6 Å². The Bertz CT molecular complexity index is 507. The van der Waals surface area contributed by atoms with Crippen LogP contribution >= 0.6 is 11.8 Å². The van der Waals surface area contributed by atoms with E-state index < -0.39 is 0 Å². The van der Waals surface area contributed by atoms with Crippen molar-refractivity contribution in [2.75, 3.05) is 31.3 Å². The first-order valence-corrected chi connectivity index (χ1v) is 10.1. The minimum absolute atomic E-state index is 0.0156. The van der Waals surface area contributed by atoms with E-state index >= 15 is 0 Å². The molecular weight excluding hydrogens is 324 g/mol. The van der Waals surface area contributed by atoms with E-state index in [2.05, 4.69) is 11.4 Å². The van der Waals surface area contributed by atoms with Gasteiger partial charge in [0.15, 0.2) is 0 Å². The molecule has 1 N–H and O–H groups in total. The molecule has 3 fully saturated rings. The fourth-order valence-corrected chi connectivity index (χ4v) is 4.97. The second-order valence-corrected chi connectivity index (χ2v) is 7.97. The second-order valence-electron chi connectivity index (χ2n) is 6.97. The molecule has 0 aromatic carbocycles. The van der Waals surface area contributed by atoms with Crippen LogP contribution in [0.4, 0.5) is 0 Å². The SMILES string of the molecule is N#C[C@@H]1CSCN1C(=O)CN[C@H]1CC[C@H](C(=O)N2CCCC2)CC1. The number of amides is 2. The summed E-state index contributed by atoms with van der Waals surface area (Å²) in [5.41, 5.74) is 0. The van der Waals surface area contributed by atoms with Crippen LogP contribution in [0.1, 0.15) is 38.5 Å². The van der Waals surface area contributed by atoms with Crippen LogP contribution in [0.5, 0.6) is 0 Å². The van der Waals surface area contributed by atoms with Crippen LogP contribution in [0.15, 0.2) is 0 Å². The summed E-state index contributed by atoms with van der Waals surface area (Å²) in [5.74, 6) is 1.87. The number of rotatable bonds is 4. The highest BCUT2D eigenvalue weighted by molar-refractivity contribution is 7.99. The van der Waals surface area contributed by atoms with Gasteiger partial charge in [-0.15, -0.1) is 11.8 Å². The quantitative estimate of drug-likeness (QED) is 0.824. The van der Waals surface area contributed by atoms with Gasteiger partial charge in [-0.05, 0) is 38.5 Å². The summed E-state index contributed by atoms with van der Waals surface area (Å²) < 4.78 is 0. The Labute approximate surface area is 147 Å². The highest BCUT2D eigenvalue weighted by atomic mass is 32.2. The predicted octanol–water partition coefficient (Wildman–Crippen LogP) is 1.18. The van der Waals surface area contributed by atoms with Crippen LogP contribution in [0.3, 0.4) is 0 Å². The first-order chi connectivity index (χ1) is 11.7. The zero-order valence-corrected chi connectivity index (χ0v) is 14.9. The molecule has 6 nitrogen and oxygen atoms in total. The zero-order chi connectivity index (χ0) is 16.9. The third-order valence-corrected chi connectivity index (χ3v) is 6.40. The van der Waals surface area contributed by atoms with Crippen molar-refractivity contribution in [2.24, 2.45) is 5.92 Å². The number of nitrogens with zero attached hydrogens (tertiary/aromatic N) is 3. The lowest BCUT2D eigenvalue weighted by Crippen LogP contribution is -2.45. The highest BCUT2D eigenvalue weighted by Crippen LogP contribution is 2.27. The van der Waals surface area contributed by atoms with Gasteiger partial charge in [-0.1, -0.05) is 0 Å². The number of hydrogen-bond donors (Lipinski definition) is 1. The minimum Gasteiger partial charge on any atom is -0.342 e. The Hall–Kier alpha value is -1.26. The molecule has 3 aliphatic rings. The van der Waals surface area contributed by atoms with Crippen molar-refractivity contribution in [1.29, 1.82) is 5.26 Å². The predicted molar refractivity (Wildman–Crippen MR) is 93.1 cm³/mol. The van der Waals surface area contributed by atoms with Crippen molar-refractivity contribution in [3.05, 3.63) is 0 Å². The van der Waals surface area contributed by atoms with E-state index in [1.807, 2.05) is 4.90 Å². The van der Waals surface area contributed by atoms with Crippen molar-refractivity contribution in [3.63, 3.8) is 0 Å². The Morgan fingerprint density at radius 3 is 2.54 bits per heavy atom. The van der Waals surface area contributed by atoms with E-state index in [1.165, 1.54) is 0 Å². The Morgan fingerprint density at radius 2 is 1.88 bits per heavy atom. The van der Waals surface area contributed by atoms with Crippen molar-refractivity contribution in [1.82, 2.24) is 15.1 Å². The van der Waals surface area contributed by atoms with Crippen LogP contribution in [0.2, 0.25) is 0 Å². The molecule has 0 spiro atoms. The van der Waals surface area contributed by atoms with Crippen molar-refractivity contribution in [2.45, 2.75) is 50.6 Å². The smallest absolute Gasteiger partial charge is 0.238 e. The molecule has 1 atom stereocenters. The average Bonchev–Trinajstić information content (AvgIpc) is 3.30. The van der Waals surface area contributed by atoms with Gasteiger partial charge < -0.3 is 15.1 Å². The number of likely N-dealkylation sites (tertiary alicyclic amines) is 1. The molecule has 2 aliphatic heterocycles. The van der Waals surface area contributed by atoms with Gasteiger partial charge in [0.2, 0.25) is 11.8 Å². The third kappa shape index (κ3) is 4.04. The summed E-state index contributed by atoms with van der Waals surface area (Å²) in [5, 5.41) is 12.4. The number of hydrogen-bond acceptors (Lipinski definition) is 5. The summed E-state index contributed by atoms with van der Waals surface area (Å²) in [6, 6.07) is 2.23. The minimum atomic E-state index is -0.280. The van der Waals surface area contributed by atoms with Crippen molar-refractivity contribution < 1.29 is 9.59 Å². The molecule has 3 rings (SSSR count). The summed E-state index contributed by atoms with van der Waals surface area (Å²) in [7, 11) is 0. The molecule has 2 saturated heterocycles. The van der Waals surface area contributed by atoms with Crippen LogP contribution < -0.4 is 5.32 Å². The molecule has 7 heteroatoms. The first-order valence-electron chi connectivity index (χ1n) is 8.98. The number of thioether (sulfide) groups is 1. The Kier molecular flexibility index (Phi) is 6.01. The van der Waals surface area contributed by atoms with Crippen LogP contribution in [-0.2, 0) is 9.59 Å². The Balaban J connectivity index is 1.38. The van der Waals surface area contributed by atoms with Crippen molar-refractivity contribution >= 4 is 23.6 Å². The lowest BCUT2D eigenvalue weighted by atomic mass is 9.85. The largest absolute Gasteiger partial charge is 0.342 e. The third-order valence-electron chi connectivity index (χ3n) is 5.39. The lowest BCUT2D eigenvalue weighted by Gasteiger charge is -2.31. The molecular formula is C17H26N4O2S. The molecule has 24 heavy (non-hydrogen) atoms. The molecule has 0 unspecified atom stereocenters. The van der Waals surface area contributed by atoms with Crippen LogP contribution in [0, 0.1) is 17.2 Å². The van der Waals surface area contributed by atoms with Gasteiger partial charge in [-0.2, -0.15) is 5.26 Å². The number of nitrogens with one attached hydrogen (secondary N) is 1. The standard InChI is InChI=1S/C17H26N4O2S/c18-9-15-11-24-12-21(15)16(22)10-19-14-5-3-13(4-6-14)17(23)20-7-1-2-8-20/h13-15,19H,1-8,10-12H2/t13-,14-,15-/m1/s1. The fraction of sp³-hybridized carbons (Fsp3) is 0.824. The molecule has 1 saturated carbocycles. The highest BCUT2D eigenvalue weighted by Gasteiger charge is 2.32. The number of carbonyl (C=O) groups is 2. The fourth-order valence-electron chi connectivity index (χ4n) is 3.87. The van der Waals surface area contributed by atoms with Crippen LogP contribution in [0.25, 0.3) is 0 Å². The number of nitriles is 1. The maximum Gasteiger partial charge on any atom is 0.238 e. The van der Waals surface area contributed by atoms with E-state index in [4.69, 9.17) is 5.26 Å². The molecule has 0 aromatic heterocycles. The van der Waals surface area contributed by atoms with Gasteiger partial charge in [0, 0.05) is 30.8 Å². The zero-order valence-electron chi connectivity index (χ0n) is 14.1. The van der Waals surface area contributed by atoms with Gasteiger partial charge in [-0.3, -0.25) is 9.59 Å². The van der Waals surface area contributed by atoms with E-state index in [1.54, 1.807) is 16.7 Å². The van der Waals surface area contributed by atoms with E-state index in [-0.39, 0.29) is 17.9 Å². The maximum atomic E-state index is 12.4. The molecule has 0 aromatic rings. The first kappa shape index (κ1) is 17.6. The lowest BCUT2D eigenvalue weighted by molar-refractivity contribution is -0.136. The summed E-state index contributed by atoms with van der Waals surface area (Å²) in [6.45, 7) is 2.16. The van der Waals surface area contributed by atoms with Gasteiger partial charge in [0.05, 0.1) is 18.5 Å². The maximum absolute atomic E-state index is 12.4. The average molecular weight is 350 g/mol. The molecule has 0 bridgehead atoms. The second kappa shape index (κ2) is 8.21. The van der Waals surface area contributed by atoms with Crippen molar-refractivity contribution in [3.8, 4) is 6.07 Å². The normalized spacial score (nSPS) is 30.4. The Morgan fingerprint density at radius 1 is 1.17 bits per heavy atom. The van der Waals surface area contributed by atoms with Crippen LogP contribution in [-0.4, -0.2) is 65.0 Å². The topological polar surface area (TPSA) is 76.4 Å². The van der Waals surface area contributed by atoms with Gasteiger partial charge in [0.1, 0.15) is 6.04 Å². The van der Waals surface area contributed by atoms with Gasteiger partial charge in [0.25, 0.3) is 0 Å². The monoisotopic (exact) mass is 350 g/mol. The molecule has 2 amide bonds. The molecule has 2 heterocycles. The summed E-state index contributed by atoms with van der Waals surface area (Å²) >= 11 is 1.63. The molecule has 0 radical (unpaired) electrons. The van der Waals surface area contributed by atoms with Gasteiger partial charge >= 0.3 is 0 Å². The molecule has 132 valence electrons. The van der Waals surface area contributed by atoms with E-state index in [0.29, 0.717) is 30.1 Å². The summed E-state index contributed by atoms with van der Waals surface area (Å²) in [6.07, 6.45) is 6.03. The molecule has 1 aliphatic carbocycles. The van der Waals surface area contributed by atoms with E-state index in [9.17, 15) is 9.59 Å².